The van der Waals surface area contributed by atoms with Crippen LogP contribution in [0.15, 0.2) is 30.3 Å². The van der Waals surface area contributed by atoms with Gasteiger partial charge in [-0.05, 0) is 5.56 Å². The molecule has 2 heterocycles. The number of hydrogen-bond acceptors (Lipinski definition) is 4. The highest BCUT2D eigenvalue weighted by Gasteiger charge is 2.29. The SMILES string of the molecule is c1ccc(COC[C@@H]2CN3CCOC[C@@H]3CN2)cc1. The molecule has 3 rings (SSSR count). The molecule has 1 aromatic carbocycles. The van der Waals surface area contributed by atoms with Gasteiger partial charge in [0.05, 0.1) is 26.4 Å². The molecule has 0 saturated carbocycles. The van der Waals surface area contributed by atoms with Crippen LogP contribution in [0.5, 0.6) is 0 Å². The summed E-state index contributed by atoms with van der Waals surface area (Å²) in [4.78, 5) is 2.52. The van der Waals surface area contributed by atoms with Crippen LogP contribution >= 0.6 is 0 Å². The molecule has 0 bridgehead atoms. The van der Waals surface area contributed by atoms with E-state index in [9.17, 15) is 0 Å². The van der Waals surface area contributed by atoms with E-state index in [2.05, 4.69) is 34.5 Å². The number of fused-ring (bicyclic) bond motifs is 1. The van der Waals surface area contributed by atoms with Gasteiger partial charge < -0.3 is 14.8 Å². The third-order valence-corrected chi connectivity index (χ3v) is 3.88. The first-order valence-electron chi connectivity index (χ1n) is 7.08. The molecule has 4 nitrogen and oxygen atoms in total. The maximum absolute atomic E-state index is 5.82. The highest BCUT2D eigenvalue weighted by atomic mass is 16.5. The van der Waals surface area contributed by atoms with Gasteiger partial charge >= 0.3 is 0 Å². The number of piperazine rings is 1. The third-order valence-electron chi connectivity index (χ3n) is 3.88. The van der Waals surface area contributed by atoms with Crippen LogP contribution in [0, 0.1) is 0 Å². The van der Waals surface area contributed by atoms with Crippen molar-refractivity contribution in [3.05, 3.63) is 35.9 Å². The Kier molecular flexibility index (Phi) is 4.45. The molecule has 1 N–H and O–H groups in total. The summed E-state index contributed by atoms with van der Waals surface area (Å²) < 4.78 is 11.3. The third kappa shape index (κ3) is 3.54. The summed E-state index contributed by atoms with van der Waals surface area (Å²) in [7, 11) is 0. The Hall–Kier alpha value is -0.940. The number of rotatable bonds is 4. The molecular formula is C15H22N2O2. The topological polar surface area (TPSA) is 33.7 Å². The van der Waals surface area contributed by atoms with E-state index in [0.29, 0.717) is 18.7 Å². The smallest absolute Gasteiger partial charge is 0.0717 e. The molecule has 0 aliphatic carbocycles. The largest absolute Gasteiger partial charge is 0.378 e. The molecule has 2 aliphatic rings. The summed E-state index contributed by atoms with van der Waals surface area (Å²) in [5.41, 5.74) is 1.24. The summed E-state index contributed by atoms with van der Waals surface area (Å²) in [5.74, 6) is 0. The zero-order valence-electron chi connectivity index (χ0n) is 11.3. The maximum atomic E-state index is 5.82. The number of morpholine rings is 1. The Labute approximate surface area is 114 Å². The average Bonchev–Trinajstić information content (AvgIpc) is 2.48. The Bertz CT molecular complexity index is 385. The van der Waals surface area contributed by atoms with E-state index in [0.717, 1.165) is 39.5 Å². The van der Waals surface area contributed by atoms with E-state index in [1.165, 1.54) is 5.56 Å². The normalized spacial score (nSPS) is 28.0. The minimum atomic E-state index is 0.443. The lowest BCUT2D eigenvalue weighted by atomic mass is 10.1. The first-order valence-corrected chi connectivity index (χ1v) is 7.08. The van der Waals surface area contributed by atoms with Gasteiger partial charge in [0.2, 0.25) is 0 Å². The van der Waals surface area contributed by atoms with Gasteiger partial charge in [0, 0.05) is 31.7 Å². The molecule has 19 heavy (non-hydrogen) atoms. The lowest BCUT2D eigenvalue weighted by Gasteiger charge is -2.42. The summed E-state index contributed by atoms with van der Waals surface area (Å²) in [6.07, 6.45) is 0. The number of nitrogens with one attached hydrogen (secondary N) is 1. The summed E-state index contributed by atoms with van der Waals surface area (Å²) >= 11 is 0. The molecule has 2 atom stereocenters. The van der Waals surface area contributed by atoms with Crippen molar-refractivity contribution in [2.75, 3.05) is 39.5 Å². The molecule has 0 spiro atoms. The molecule has 104 valence electrons. The molecule has 2 aliphatic heterocycles. The average molecular weight is 262 g/mol. The fraction of sp³-hybridized carbons (Fsp3) is 0.600. The minimum Gasteiger partial charge on any atom is -0.378 e. The monoisotopic (exact) mass is 262 g/mol. The zero-order chi connectivity index (χ0) is 12.9. The van der Waals surface area contributed by atoms with Gasteiger partial charge in [-0.15, -0.1) is 0 Å². The van der Waals surface area contributed by atoms with Crippen LogP contribution in [0.25, 0.3) is 0 Å². The lowest BCUT2D eigenvalue weighted by Crippen LogP contribution is -2.61. The van der Waals surface area contributed by atoms with E-state index >= 15 is 0 Å². The maximum Gasteiger partial charge on any atom is 0.0717 e. The Morgan fingerprint density at radius 1 is 1.32 bits per heavy atom. The molecule has 0 radical (unpaired) electrons. The van der Waals surface area contributed by atoms with Crippen LogP contribution < -0.4 is 5.32 Å². The van der Waals surface area contributed by atoms with Gasteiger partial charge in [-0.25, -0.2) is 0 Å². The standard InChI is InChI=1S/C15H22N2O2/c1-2-4-13(5-3-1)10-19-11-14-9-17-6-7-18-12-15(17)8-16-14/h1-5,14-16H,6-12H2/t14-,15-/m0/s1. The first kappa shape index (κ1) is 13.1. The van der Waals surface area contributed by atoms with Crippen LogP contribution in [-0.4, -0.2) is 56.4 Å². The quantitative estimate of drug-likeness (QED) is 0.873. The van der Waals surface area contributed by atoms with Crippen LogP contribution in [0.2, 0.25) is 0 Å². The molecule has 2 saturated heterocycles. The van der Waals surface area contributed by atoms with Crippen LogP contribution in [0.3, 0.4) is 0 Å². The first-order chi connectivity index (χ1) is 9.42. The molecule has 0 aromatic heterocycles. The van der Waals surface area contributed by atoms with E-state index in [1.54, 1.807) is 0 Å². The molecule has 2 fully saturated rings. The second-order valence-electron chi connectivity index (χ2n) is 5.33. The molecule has 4 heteroatoms. The van der Waals surface area contributed by atoms with Crippen molar-refractivity contribution in [1.29, 1.82) is 0 Å². The van der Waals surface area contributed by atoms with Crippen molar-refractivity contribution >= 4 is 0 Å². The summed E-state index contributed by atoms with van der Waals surface area (Å²) in [5, 5.41) is 3.56. The highest BCUT2D eigenvalue weighted by molar-refractivity contribution is 5.13. The predicted molar refractivity (Wildman–Crippen MR) is 74.1 cm³/mol. The Morgan fingerprint density at radius 3 is 3.11 bits per heavy atom. The van der Waals surface area contributed by atoms with E-state index < -0.39 is 0 Å². The van der Waals surface area contributed by atoms with Crippen molar-refractivity contribution < 1.29 is 9.47 Å². The lowest BCUT2D eigenvalue weighted by molar-refractivity contribution is -0.0363. The summed E-state index contributed by atoms with van der Waals surface area (Å²) in [6, 6.07) is 11.3. The van der Waals surface area contributed by atoms with Crippen LogP contribution in [-0.2, 0) is 16.1 Å². The predicted octanol–water partition coefficient (Wildman–Crippen LogP) is 0.876. The summed E-state index contributed by atoms with van der Waals surface area (Å²) in [6.45, 7) is 6.35. The second-order valence-corrected chi connectivity index (χ2v) is 5.33. The Balaban J connectivity index is 1.41. The number of nitrogens with zero attached hydrogens (tertiary/aromatic N) is 1. The van der Waals surface area contributed by atoms with Gasteiger partial charge in [0.15, 0.2) is 0 Å². The number of hydrogen-bond donors (Lipinski definition) is 1. The van der Waals surface area contributed by atoms with Crippen molar-refractivity contribution in [2.45, 2.75) is 18.7 Å². The fourth-order valence-corrected chi connectivity index (χ4v) is 2.77. The van der Waals surface area contributed by atoms with Crippen molar-refractivity contribution in [3.8, 4) is 0 Å². The molecular weight excluding hydrogens is 240 g/mol. The van der Waals surface area contributed by atoms with Gasteiger partial charge in [-0.3, -0.25) is 4.90 Å². The van der Waals surface area contributed by atoms with Crippen LogP contribution in [0.1, 0.15) is 5.56 Å². The van der Waals surface area contributed by atoms with Crippen LogP contribution in [0.4, 0.5) is 0 Å². The Morgan fingerprint density at radius 2 is 2.21 bits per heavy atom. The zero-order valence-corrected chi connectivity index (χ0v) is 11.3. The number of benzene rings is 1. The van der Waals surface area contributed by atoms with E-state index in [1.807, 2.05) is 6.07 Å². The van der Waals surface area contributed by atoms with E-state index in [4.69, 9.17) is 9.47 Å². The van der Waals surface area contributed by atoms with Crippen molar-refractivity contribution in [1.82, 2.24) is 10.2 Å². The highest BCUT2D eigenvalue weighted by Crippen LogP contribution is 2.12. The number of ether oxygens (including phenoxy) is 2. The van der Waals surface area contributed by atoms with Gasteiger partial charge in [0.25, 0.3) is 0 Å². The van der Waals surface area contributed by atoms with Crippen molar-refractivity contribution in [3.63, 3.8) is 0 Å². The molecule has 0 unspecified atom stereocenters. The van der Waals surface area contributed by atoms with Gasteiger partial charge in [0.1, 0.15) is 0 Å². The van der Waals surface area contributed by atoms with Crippen molar-refractivity contribution in [2.24, 2.45) is 0 Å². The minimum absolute atomic E-state index is 0.443. The van der Waals surface area contributed by atoms with Gasteiger partial charge in [-0.1, -0.05) is 30.3 Å². The second kappa shape index (κ2) is 6.48. The molecule has 0 amide bonds. The molecule has 1 aromatic rings. The van der Waals surface area contributed by atoms with E-state index in [-0.39, 0.29) is 0 Å². The fourth-order valence-electron chi connectivity index (χ4n) is 2.77. The van der Waals surface area contributed by atoms with Gasteiger partial charge in [-0.2, -0.15) is 0 Å².